The summed E-state index contributed by atoms with van der Waals surface area (Å²) in [5, 5.41) is 3.69. The van der Waals surface area contributed by atoms with Gasteiger partial charge < -0.3 is 10.2 Å². The molecule has 0 fully saturated rings. The maximum Gasteiger partial charge on any atom is 0.264 e. The standard InChI is InChI=1S/C29H32Cl3N3O4S/c1-19-10-12-25(13-11-19)40(38,39)35(24-15-22(30)14-23(31)16-24)18-27(36)34(17-21-8-6-7-9-26(21)32)20(2)28(37)33-29(3,4)5/h6-16,20H,17-18H2,1-5H3,(H,33,37). The Morgan fingerprint density at radius 3 is 2.05 bits per heavy atom. The Kier molecular flexibility index (Phi) is 10.2. The number of amides is 2. The van der Waals surface area contributed by atoms with E-state index in [0.29, 0.717) is 10.6 Å². The summed E-state index contributed by atoms with van der Waals surface area (Å²) in [4.78, 5) is 28.5. The molecule has 0 aromatic heterocycles. The van der Waals surface area contributed by atoms with Crippen LogP contribution < -0.4 is 9.62 Å². The van der Waals surface area contributed by atoms with Crippen molar-refractivity contribution >= 4 is 62.3 Å². The lowest BCUT2D eigenvalue weighted by molar-refractivity contribution is -0.140. The van der Waals surface area contributed by atoms with Gasteiger partial charge in [-0.05, 0) is 76.6 Å². The van der Waals surface area contributed by atoms with Crippen molar-refractivity contribution in [3.05, 3.63) is 92.9 Å². The van der Waals surface area contributed by atoms with E-state index in [0.717, 1.165) is 9.87 Å². The molecule has 0 heterocycles. The van der Waals surface area contributed by atoms with Gasteiger partial charge >= 0.3 is 0 Å². The van der Waals surface area contributed by atoms with Crippen LogP contribution >= 0.6 is 34.8 Å². The zero-order valence-electron chi connectivity index (χ0n) is 22.9. The number of aryl methyl sites for hydroxylation is 1. The molecule has 0 radical (unpaired) electrons. The Bertz CT molecular complexity index is 1470. The zero-order valence-corrected chi connectivity index (χ0v) is 26.0. The van der Waals surface area contributed by atoms with Gasteiger partial charge in [-0.2, -0.15) is 0 Å². The van der Waals surface area contributed by atoms with Crippen molar-refractivity contribution in [1.29, 1.82) is 0 Å². The summed E-state index contributed by atoms with van der Waals surface area (Å²) in [6.07, 6.45) is 0. The average molecular weight is 625 g/mol. The largest absolute Gasteiger partial charge is 0.350 e. The van der Waals surface area contributed by atoms with Gasteiger partial charge in [0.15, 0.2) is 0 Å². The van der Waals surface area contributed by atoms with Crippen molar-refractivity contribution < 1.29 is 18.0 Å². The molecule has 3 rings (SSSR count). The molecule has 0 bridgehead atoms. The van der Waals surface area contributed by atoms with E-state index in [4.69, 9.17) is 34.8 Å². The summed E-state index contributed by atoms with van der Waals surface area (Å²) in [5.74, 6) is -1.02. The van der Waals surface area contributed by atoms with Gasteiger partial charge in [0.2, 0.25) is 11.8 Å². The predicted octanol–water partition coefficient (Wildman–Crippen LogP) is 6.48. The van der Waals surface area contributed by atoms with E-state index in [1.54, 1.807) is 43.3 Å². The smallest absolute Gasteiger partial charge is 0.264 e. The SMILES string of the molecule is Cc1ccc(S(=O)(=O)N(CC(=O)N(Cc2ccccc2Cl)C(C)C(=O)NC(C)(C)C)c2cc(Cl)cc(Cl)c2)cc1. The molecule has 1 N–H and O–H groups in total. The molecular weight excluding hydrogens is 593 g/mol. The van der Waals surface area contributed by atoms with Crippen LogP contribution in [0, 0.1) is 6.92 Å². The average Bonchev–Trinajstić information content (AvgIpc) is 2.84. The highest BCUT2D eigenvalue weighted by Gasteiger charge is 2.34. The summed E-state index contributed by atoms with van der Waals surface area (Å²) < 4.78 is 28.7. The first-order chi connectivity index (χ1) is 18.6. The van der Waals surface area contributed by atoms with Crippen LogP contribution in [0.4, 0.5) is 5.69 Å². The molecule has 0 aliphatic heterocycles. The first-order valence-electron chi connectivity index (χ1n) is 12.5. The first-order valence-corrected chi connectivity index (χ1v) is 15.1. The fourth-order valence-electron chi connectivity index (χ4n) is 3.92. The highest BCUT2D eigenvalue weighted by molar-refractivity contribution is 7.92. The number of nitrogens with one attached hydrogen (secondary N) is 1. The number of nitrogens with zero attached hydrogens (tertiary/aromatic N) is 2. The van der Waals surface area contributed by atoms with Crippen molar-refractivity contribution in [2.24, 2.45) is 0 Å². The number of hydrogen-bond donors (Lipinski definition) is 1. The predicted molar refractivity (Wildman–Crippen MR) is 162 cm³/mol. The summed E-state index contributed by atoms with van der Waals surface area (Å²) >= 11 is 18.8. The van der Waals surface area contributed by atoms with E-state index in [1.807, 2.05) is 27.7 Å². The summed E-state index contributed by atoms with van der Waals surface area (Å²) in [6, 6.07) is 16.6. The van der Waals surface area contributed by atoms with E-state index in [1.165, 1.54) is 35.2 Å². The van der Waals surface area contributed by atoms with E-state index in [2.05, 4.69) is 5.32 Å². The van der Waals surface area contributed by atoms with Crippen LogP contribution in [0.1, 0.15) is 38.8 Å². The fraction of sp³-hybridized carbons (Fsp3) is 0.310. The molecule has 3 aromatic rings. The number of sulfonamides is 1. The Morgan fingerprint density at radius 1 is 0.925 bits per heavy atom. The fourth-order valence-corrected chi connectivity index (χ4v) is 6.02. The third kappa shape index (κ3) is 8.13. The monoisotopic (exact) mass is 623 g/mol. The van der Waals surface area contributed by atoms with Gasteiger partial charge in [0, 0.05) is 27.2 Å². The van der Waals surface area contributed by atoms with E-state index in [9.17, 15) is 18.0 Å². The van der Waals surface area contributed by atoms with Gasteiger partial charge in [-0.15, -0.1) is 0 Å². The minimum absolute atomic E-state index is 0.0156. The third-order valence-corrected chi connectivity index (χ3v) is 8.58. The molecule has 2 amide bonds. The Balaban J connectivity index is 2.08. The van der Waals surface area contributed by atoms with Gasteiger partial charge in [-0.1, -0.05) is 70.7 Å². The molecule has 0 aliphatic carbocycles. The van der Waals surface area contributed by atoms with Crippen molar-refractivity contribution in [3.63, 3.8) is 0 Å². The third-order valence-electron chi connectivity index (χ3n) is 5.99. The molecule has 3 aromatic carbocycles. The number of carbonyl (C=O) groups is 2. The Morgan fingerprint density at radius 2 is 1.50 bits per heavy atom. The Hall–Kier alpha value is -2.78. The van der Waals surface area contributed by atoms with E-state index < -0.39 is 40.0 Å². The lowest BCUT2D eigenvalue weighted by atomic mass is 10.1. The van der Waals surface area contributed by atoms with Crippen LogP contribution in [-0.2, 0) is 26.2 Å². The molecule has 0 saturated carbocycles. The highest BCUT2D eigenvalue weighted by Crippen LogP contribution is 2.30. The van der Waals surface area contributed by atoms with Crippen molar-refractivity contribution in [2.75, 3.05) is 10.8 Å². The molecule has 0 spiro atoms. The van der Waals surface area contributed by atoms with Crippen LogP contribution in [0.25, 0.3) is 0 Å². The van der Waals surface area contributed by atoms with Crippen LogP contribution in [-0.4, -0.2) is 43.3 Å². The van der Waals surface area contributed by atoms with Crippen LogP contribution in [0.5, 0.6) is 0 Å². The van der Waals surface area contributed by atoms with Gasteiger partial charge in [0.05, 0.1) is 10.6 Å². The normalized spacial score (nSPS) is 12.5. The topological polar surface area (TPSA) is 86.8 Å². The second-order valence-electron chi connectivity index (χ2n) is 10.5. The number of halogens is 3. The van der Waals surface area contributed by atoms with E-state index in [-0.39, 0.29) is 27.2 Å². The van der Waals surface area contributed by atoms with Crippen molar-refractivity contribution in [2.45, 2.75) is 57.6 Å². The maximum absolute atomic E-state index is 14.0. The quantitative estimate of drug-likeness (QED) is 0.295. The molecule has 7 nitrogen and oxygen atoms in total. The number of anilines is 1. The second-order valence-corrected chi connectivity index (χ2v) is 13.6. The van der Waals surface area contributed by atoms with Crippen molar-refractivity contribution in [3.8, 4) is 0 Å². The Labute approximate surface area is 251 Å². The molecule has 40 heavy (non-hydrogen) atoms. The molecule has 0 saturated heterocycles. The van der Waals surface area contributed by atoms with Gasteiger partial charge in [0.1, 0.15) is 12.6 Å². The first kappa shape index (κ1) is 31.7. The molecular formula is C29H32Cl3N3O4S. The summed E-state index contributed by atoms with van der Waals surface area (Å²) in [6.45, 7) is 8.27. The number of benzene rings is 3. The summed E-state index contributed by atoms with van der Waals surface area (Å²) in [7, 11) is -4.25. The van der Waals surface area contributed by atoms with Crippen LogP contribution in [0.15, 0.2) is 71.6 Å². The molecule has 1 unspecified atom stereocenters. The van der Waals surface area contributed by atoms with E-state index >= 15 is 0 Å². The number of carbonyl (C=O) groups excluding carboxylic acids is 2. The number of hydrogen-bond acceptors (Lipinski definition) is 4. The minimum Gasteiger partial charge on any atom is -0.350 e. The minimum atomic E-state index is -4.25. The lowest BCUT2D eigenvalue weighted by Gasteiger charge is -2.33. The molecule has 11 heteroatoms. The van der Waals surface area contributed by atoms with Crippen LogP contribution in [0.3, 0.4) is 0 Å². The maximum atomic E-state index is 14.0. The summed E-state index contributed by atoms with van der Waals surface area (Å²) in [5.41, 5.74) is 1.03. The lowest BCUT2D eigenvalue weighted by Crippen LogP contribution is -2.54. The molecule has 0 aliphatic rings. The van der Waals surface area contributed by atoms with Gasteiger partial charge in [-0.3, -0.25) is 13.9 Å². The number of rotatable bonds is 9. The van der Waals surface area contributed by atoms with Gasteiger partial charge in [0.25, 0.3) is 10.0 Å². The molecule has 214 valence electrons. The zero-order chi connectivity index (χ0) is 29.8. The van der Waals surface area contributed by atoms with Crippen molar-refractivity contribution in [1.82, 2.24) is 10.2 Å². The van der Waals surface area contributed by atoms with Crippen LogP contribution in [0.2, 0.25) is 15.1 Å². The highest BCUT2D eigenvalue weighted by atomic mass is 35.5. The van der Waals surface area contributed by atoms with Gasteiger partial charge in [-0.25, -0.2) is 8.42 Å². The second kappa shape index (κ2) is 12.8. The molecule has 1 atom stereocenters.